The molecule has 4 nitrogen and oxygen atoms in total. The number of unbranched alkanes of at least 4 members (excludes halogenated alkanes) is 2. The SMILES string of the molecule is CC(C)C(=O)CCCCCNC(=O)OC(C)(C)C. The van der Waals surface area contributed by atoms with E-state index in [1.165, 1.54) is 0 Å². The van der Waals surface area contributed by atoms with Crippen molar-refractivity contribution < 1.29 is 14.3 Å². The van der Waals surface area contributed by atoms with E-state index in [9.17, 15) is 9.59 Å². The molecular weight excluding hydrogens is 230 g/mol. The molecule has 0 saturated carbocycles. The van der Waals surface area contributed by atoms with Gasteiger partial charge in [-0.15, -0.1) is 0 Å². The molecule has 0 bridgehead atoms. The second-order valence-corrected chi connectivity index (χ2v) is 5.86. The van der Waals surface area contributed by atoms with E-state index in [0.29, 0.717) is 18.7 Å². The number of hydrogen-bond donors (Lipinski definition) is 1. The number of nitrogens with one attached hydrogen (secondary N) is 1. The summed E-state index contributed by atoms with van der Waals surface area (Å²) in [4.78, 5) is 22.7. The monoisotopic (exact) mass is 257 g/mol. The van der Waals surface area contributed by atoms with Crippen LogP contribution in [0.2, 0.25) is 0 Å². The molecule has 0 aliphatic heterocycles. The van der Waals surface area contributed by atoms with E-state index in [1.54, 1.807) is 0 Å². The third-order valence-corrected chi connectivity index (χ3v) is 2.41. The Hall–Kier alpha value is -1.06. The summed E-state index contributed by atoms with van der Waals surface area (Å²) in [6, 6.07) is 0. The molecule has 0 aliphatic rings. The van der Waals surface area contributed by atoms with Crippen molar-refractivity contribution in [3.05, 3.63) is 0 Å². The van der Waals surface area contributed by atoms with Crippen molar-refractivity contribution in [2.24, 2.45) is 5.92 Å². The van der Waals surface area contributed by atoms with Crippen LogP contribution in [-0.4, -0.2) is 24.0 Å². The Morgan fingerprint density at radius 3 is 2.22 bits per heavy atom. The van der Waals surface area contributed by atoms with Crippen LogP contribution in [0.3, 0.4) is 0 Å². The second kappa shape index (κ2) is 8.11. The van der Waals surface area contributed by atoms with E-state index >= 15 is 0 Å². The van der Waals surface area contributed by atoms with Crippen molar-refractivity contribution in [1.82, 2.24) is 5.32 Å². The van der Waals surface area contributed by atoms with E-state index in [0.717, 1.165) is 19.3 Å². The molecule has 1 N–H and O–H groups in total. The van der Waals surface area contributed by atoms with Crippen LogP contribution >= 0.6 is 0 Å². The number of rotatable bonds is 7. The van der Waals surface area contributed by atoms with Crippen molar-refractivity contribution in [3.63, 3.8) is 0 Å². The summed E-state index contributed by atoms with van der Waals surface area (Å²) in [7, 11) is 0. The average molecular weight is 257 g/mol. The van der Waals surface area contributed by atoms with Gasteiger partial charge in [0.15, 0.2) is 0 Å². The molecule has 0 aliphatic carbocycles. The van der Waals surface area contributed by atoms with Crippen molar-refractivity contribution in [2.75, 3.05) is 6.54 Å². The van der Waals surface area contributed by atoms with Gasteiger partial charge in [0.2, 0.25) is 0 Å². The lowest BCUT2D eigenvalue weighted by Gasteiger charge is -2.19. The summed E-state index contributed by atoms with van der Waals surface area (Å²) in [5.41, 5.74) is -0.451. The molecule has 0 aromatic rings. The predicted octanol–water partition coefficient (Wildman–Crippen LogP) is 3.30. The molecule has 0 aromatic heterocycles. The molecule has 0 aromatic carbocycles. The summed E-state index contributed by atoms with van der Waals surface area (Å²) in [6.45, 7) is 9.96. The summed E-state index contributed by atoms with van der Waals surface area (Å²) in [6.07, 6.45) is 3.00. The Balaban J connectivity index is 3.46. The summed E-state index contributed by atoms with van der Waals surface area (Å²) < 4.78 is 5.11. The standard InChI is InChI=1S/C14H27NO3/c1-11(2)12(16)9-7-6-8-10-15-13(17)18-14(3,4)5/h11H,6-10H2,1-5H3,(H,15,17). The minimum absolute atomic E-state index is 0.130. The molecule has 0 spiro atoms. The number of Topliss-reactive ketones (excluding diaryl/α,β-unsaturated/α-hetero) is 1. The van der Waals surface area contributed by atoms with Gasteiger partial charge in [-0.2, -0.15) is 0 Å². The first-order valence-electron chi connectivity index (χ1n) is 6.72. The lowest BCUT2D eigenvalue weighted by molar-refractivity contribution is -0.122. The number of carbonyl (C=O) groups is 2. The third-order valence-electron chi connectivity index (χ3n) is 2.41. The molecule has 0 unspecified atom stereocenters. The van der Waals surface area contributed by atoms with Gasteiger partial charge in [0, 0.05) is 18.9 Å². The maximum Gasteiger partial charge on any atom is 0.407 e. The first kappa shape index (κ1) is 16.9. The molecule has 0 heterocycles. The van der Waals surface area contributed by atoms with Crippen LogP contribution < -0.4 is 5.32 Å². The quantitative estimate of drug-likeness (QED) is 0.712. The van der Waals surface area contributed by atoms with Gasteiger partial charge in [0.05, 0.1) is 0 Å². The predicted molar refractivity (Wildman–Crippen MR) is 72.5 cm³/mol. The van der Waals surface area contributed by atoms with Crippen LogP contribution in [0, 0.1) is 5.92 Å². The molecule has 0 rings (SSSR count). The van der Waals surface area contributed by atoms with Gasteiger partial charge in [-0.1, -0.05) is 20.3 Å². The van der Waals surface area contributed by atoms with Crippen molar-refractivity contribution in [3.8, 4) is 0 Å². The summed E-state index contributed by atoms with van der Waals surface area (Å²) in [5, 5.41) is 2.70. The highest BCUT2D eigenvalue weighted by molar-refractivity contribution is 5.80. The topological polar surface area (TPSA) is 55.4 Å². The zero-order valence-electron chi connectivity index (χ0n) is 12.3. The van der Waals surface area contributed by atoms with Gasteiger partial charge in [-0.3, -0.25) is 4.79 Å². The highest BCUT2D eigenvalue weighted by Gasteiger charge is 2.15. The average Bonchev–Trinajstić information content (AvgIpc) is 2.19. The van der Waals surface area contributed by atoms with Crippen LogP contribution in [0.1, 0.15) is 60.3 Å². The van der Waals surface area contributed by atoms with Crippen molar-refractivity contribution in [2.45, 2.75) is 65.9 Å². The van der Waals surface area contributed by atoms with E-state index in [4.69, 9.17) is 4.74 Å². The maximum absolute atomic E-state index is 11.4. The first-order valence-corrected chi connectivity index (χ1v) is 6.72. The minimum Gasteiger partial charge on any atom is -0.444 e. The summed E-state index contributed by atoms with van der Waals surface area (Å²) >= 11 is 0. The number of ether oxygens (including phenoxy) is 1. The number of hydrogen-bond acceptors (Lipinski definition) is 3. The molecule has 106 valence electrons. The van der Waals surface area contributed by atoms with Crippen molar-refractivity contribution in [1.29, 1.82) is 0 Å². The van der Waals surface area contributed by atoms with Gasteiger partial charge in [0.1, 0.15) is 11.4 Å². The number of carbonyl (C=O) groups excluding carboxylic acids is 2. The van der Waals surface area contributed by atoms with E-state index < -0.39 is 5.60 Å². The normalized spacial score (nSPS) is 11.4. The molecule has 1 amide bonds. The smallest absolute Gasteiger partial charge is 0.407 e. The Morgan fingerprint density at radius 2 is 1.72 bits per heavy atom. The van der Waals surface area contributed by atoms with Gasteiger partial charge >= 0.3 is 6.09 Å². The van der Waals surface area contributed by atoms with Gasteiger partial charge in [-0.05, 0) is 33.6 Å². The van der Waals surface area contributed by atoms with Gasteiger partial charge in [-0.25, -0.2) is 4.79 Å². The highest BCUT2D eigenvalue weighted by Crippen LogP contribution is 2.07. The molecule has 18 heavy (non-hydrogen) atoms. The minimum atomic E-state index is -0.451. The molecule has 0 radical (unpaired) electrons. The highest BCUT2D eigenvalue weighted by atomic mass is 16.6. The number of amides is 1. The van der Waals surface area contributed by atoms with Crippen LogP contribution in [0.25, 0.3) is 0 Å². The molecule has 0 saturated heterocycles. The van der Waals surface area contributed by atoms with Crippen LogP contribution in [0.15, 0.2) is 0 Å². The largest absolute Gasteiger partial charge is 0.444 e. The fraction of sp³-hybridized carbons (Fsp3) is 0.857. The van der Waals surface area contributed by atoms with E-state index in [2.05, 4.69) is 5.32 Å². The first-order chi connectivity index (χ1) is 8.22. The Labute approximate surface area is 110 Å². The molecule has 4 heteroatoms. The second-order valence-electron chi connectivity index (χ2n) is 5.86. The van der Waals surface area contributed by atoms with E-state index in [-0.39, 0.29) is 12.0 Å². The van der Waals surface area contributed by atoms with Crippen molar-refractivity contribution >= 4 is 11.9 Å². The van der Waals surface area contributed by atoms with Crippen LogP contribution in [0.4, 0.5) is 4.79 Å². The lowest BCUT2D eigenvalue weighted by atomic mass is 10.0. The van der Waals surface area contributed by atoms with Gasteiger partial charge < -0.3 is 10.1 Å². The lowest BCUT2D eigenvalue weighted by Crippen LogP contribution is -2.32. The Morgan fingerprint density at radius 1 is 1.11 bits per heavy atom. The molecule has 0 fully saturated rings. The molecular formula is C14H27NO3. The van der Waals surface area contributed by atoms with Crippen LogP contribution in [-0.2, 0) is 9.53 Å². The summed E-state index contributed by atoms with van der Waals surface area (Å²) in [5.74, 6) is 0.444. The number of alkyl carbamates (subject to hydrolysis) is 1. The fourth-order valence-corrected chi connectivity index (χ4v) is 1.39. The molecule has 0 atom stereocenters. The fourth-order valence-electron chi connectivity index (χ4n) is 1.39. The van der Waals surface area contributed by atoms with Crippen LogP contribution in [0.5, 0.6) is 0 Å². The maximum atomic E-state index is 11.4. The Kier molecular flexibility index (Phi) is 7.64. The zero-order valence-corrected chi connectivity index (χ0v) is 12.3. The Bertz CT molecular complexity index is 267. The third kappa shape index (κ3) is 10.1. The zero-order chi connectivity index (χ0) is 14.2. The number of ketones is 1. The van der Waals surface area contributed by atoms with Gasteiger partial charge in [0.25, 0.3) is 0 Å². The van der Waals surface area contributed by atoms with E-state index in [1.807, 2.05) is 34.6 Å².